The van der Waals surface area contributed by atoms with Crippen LogP contribution < -0.4 is 5.32 Å². The van der Waals surface area contributed by atoms with Crippen LogP contribution >= 0.6 is 11.8 Å². The highest BCUT2D eigenvalue weighted by atomic mass is 32.2. The molecule has 1 atom stereocenters. The van der Waals surface area contributed by atoms with Gasteiger partial charge in [-0.25, -0.2) is 8.42 Å². The van der Waals surface area contributed by atoms with Crippen molar-refractivity contribution in [2.45, 2.75) is 38.0 Å². The number of thioether (sulfide) groups is 1. The lowest BCUT2D eigenvalue weighted by Crippen LogP contribution is -2.45. The average molecular weight is 466 g/mol. The molecule has 2 heterocycles. The Morgan fingerprint density at radius 3 is 2.65 bits per heavy atom. The first-order chi connectivity index (χ1) is 14.8. The summed E-state index contributed by atoms with van der Waals surface area (Å²) < 4.78 is 25.0. The summed E-state index contributed by atoms with van der Waals surface area (Å²) in [6.07, 6.45) is 0.417. The molecule has 9 nitrogen and oxygen atoms in total. The van der Waals surface area contributed by atoms with Gasteiger partial charge < -0.3 is 14.8 Å². The fraction of sp³-hybridized carbons (Fsp3) is 0.500. The van der Waals surface area contributed by atoms with Crippen molar-refractivity contribution in [3.05, 3.63) is 41.7 Å². The summed E-state index contributed by atoms with van der Waals surface area (Å²) in [7, 11) is -3.07. The van der Waals surface area contributed by atoms with Crippen LogP contribution in [-0.4, -0.2) is 76.3 Å². The lowest BCUT2D eigenvalue weighted by molar-refractivity contribution is -0.134. The smallest absolute Gasteiger partial charge is 0.239 e. The number of carbonyl (C=O) groups is 2. The average Bonchev–Trinajstić information content (AvgIpc) is 3.26. The first kappa shape index (κ1) is 23.3. The zero-order chi connectivity index (χ0) is 22.4. The van der Waals surface area contributed by atoms with E-state index in [0.717, 1.165) is 11.4 Å². The first-order valence-electron chi connectivity index (χ1n) is 10.1. The number of nitrogens with zero attached hydrogens (tertiary/aromatic N) is 4. The number of aromatic nitrogens is 3. The minimum atomic E-state index is -3.07. The SMILES string of the molecule is CCN(CC(=O)NC1CCS(=O)(=O)C1)C(=O)CSc1nnc(C)n1Cc1ccccc1. The van der Waals surface area contributed by atoms with Crippen LogP contribution in [0.5, 0.6) is 0 Å². The summed E-state index contributed by atoms with van der Waals surface area (Å²) in [6.45, 7) is 4.57. The van der Waals surface area contributed by atoms with Gasteiger partial charge >= 0.3 is 0 Å². The van der Waals surface area contributed by atoms with Gasteiger partial charge in [-0.3, -0.25) is 9.59 Å². The number of aryl methyl sites for hydroxylation is 1. The van der Waals surface area contributed by atoms with Gasteiger partial charge in [-0.1, -0.05) is 42.1 Å². The molecule has 0 spiro atoms. The maximum absolute atomic E-state index is 12.7. The van der Waals surface area contributed by atoms with Crippen LogP contribution in [-0.2, 0) is 26.0 Å². The molecule has 11 heteroatoms. The molecule has 1 aliphatic heterocycles. The Kier molecular flexibility index (Phi) is 7.71. The van der Waals surface area contributed by atoms with E-state index in [-0.39, 0.29) is 41.7 Å². The summed E-state index contributed by atoms with van der Waals surface area (Å²) in [4.78, 5) is 26.4. The van der Waals surface area contributed by atoms with Gasteiger partial charge in [0.25, 0.3) is 0 Å². The Bertz CT molecular complexity index is 1020. The van der Waals surface area contributed by atoms with E-state index < -0.39 is 9.84 Å². The van der Waals surface area contributed by atoms with Crippen molar-refractivity contribution in [1.29, 1.82) is 0 Å². The first-order valence-corrected chi connectivity index (χ1v) is 12.9. The molecule has 0 bridgehead atoms. The fourth-order valence-electron chi connectivity index (χ4n) is 3.37. The van der Waals surface area contributed by atoms with E-state index in [2.05, 4.69) is 15.5 Å². The van der Waals surface area contributed by atoms with Crippen molar-refractivity contribution in [1.82, 2.24) is 25.0 Å². The van der Waals surface area contributed by atoms with E-state index in [1.165, 1.54) is 16.7 Å². The number of nitrogens with one attached hydrogen (secondary N) is 1. The van der Waals surface area contributed by atoms with Gasteiger partial charge in [-0.2, -0.15) is 0 Å². The molecule has 0 radical (unpaired) electrons. The molecule has 0 aliphatic carbocycles. The molecule has 2 aromatic rings. The second-order valence-corrected chi connectivity index (χ2v) is 10.6. The molecule has 1 aromatic heterocycles. The number of amides is 2. The van der Waals surface area contributed by atoms with Crippen molar-refractivity contribution < 1.29 is 18.0 Å². The van der Waals surface area contributed by atoms with Crippen LogP contribution in [0.4, 0.5) is 0 Å². The number of sulfone groups is 1. The molecular weight excluding hydrogens is 438 g/mol. The molecule has 0 saturated carbocycles. The summed E-state index contributed by atoms with van der Waals surface area (Å²) in [5.74, 6) is 0.418. The Labute approximate surface area is 186 Å². The maximum atomic E-state index is 12.7. The van der Waals surface area contributed by atoms with Gasteiger partial charge in [0.05, 0.1) is 30.3 Å². The lowest BCUT2D eigenvalue weighted by atomic mass is 10.2. The summed E-state index contributed by atoms with van der Waals surface area (Å²) >= 11 is 1.29. The highest BCUT2D eigenvalue weighted by Gasteiger charge is 2.29. The molecule has 1 N–H and O–H groups in total. The Morgan fingerprint density at radius 2 is 2.00 bits per heavy atom. The number of likely N-dealkylation sites (N-methyl/N-ethyl adjacent to an activating group) is 1. The monoisotopic (exact) mass is 465 g/mol. The van der Waals surface area contributed by atoms with Crippen LogP contribution in [0.2, 0.25) is 0 Å². The highest BCUT2D eigenvalue weighted by Crippen LogP contribution is 2.19. The molecular formula is C20H27N5O4S2. The molecule has 1 aromatic carbocycles. The van der Waals surface area contributed by atoms with Crippen molar-refractivity contribution in [3.63, 3.8) is 0 Å². The largest absolute Gasteiger partial charge is 0.351 e. The quantitative estimate of drug-likeness (QED) is 0.547. The number of carbonyl (C=O) groups excluding carboxylic acids is 2. The molecule has 31 heavy (non-hydrogen) atoms. The molecule has 1 unspecified atom stereocenters. The molecule has 168 valence electrons. The second kappa shape index (κ2) is 10.3. The van der Waals surface area contributed by atoms with Gasteiger partial charge in [0, 0.05) is 12.6 Å². The van der Waals surface area contributed by atoms with Gasteiger partial charge in [0.15, 0.2) is 15.0 Å². The predicted molar refractivity (Wildman–Crippen MR) is 118 cm³/mol. The highest BCUT2D eigenvalue weighted by molar-refractivity contribution is 7.99. The van der Waals surface area contributed by atoms with E-state index in [4.69, 9.17) is 0 Å². The zero-order valence-corrected chi connectivity index (χ0v) is 19.3. The summed E-state index contributed by atoms with van der Waals surface area (Å²) in [5.41, 5.74) is 1.11. The number of rotatable bonds is 9. The lowest BCUT2D eigenvalue weighted by Gasteiger charge is -2.21. The van der Waals surface area contributed by atoms with E-state index in [1.54, 1.807) is 6.92 Å². The molecule has 1 saturated heterocycles. The maximum Gasteiger partial charge on any atom is 0.239 e. The third-order valence-corrected chi connectivity index (χ3v) is 7.80. The number of hydrogen-bond donors (Lipinski definition) is 1. The minimum Gasteiger partial charge on any atom is -0.351 e. The van der Waals surface area contributed by atoms with Gasteiger partial charge in [-0.05, 0) is 25.8 Å². The van der Waals surface area contributed by atoms with E-state index >= 15 is 0 Å². The van der Waals surface area contributed by atoms with Crippen LogP contribution in [0.1, 0.15) is 24.7 Å². The fourth-order valence-corrected chi connectivity index (χ4v) is 5.93. The van der Waals surface area contributed by atoms with Crippen molar-refractivity contribution in [2.75, 3.05) is 30.3 Å². The van der Waals surface area contributed by atoms with Gasteiger partial charge in [0.2, 0.25) is 11.8 Å². The van der Waals surface area contributed by atoms with E-state index in [1.807, 2.05) is 41.8 Å². The van der Waals surface area contributed by atoms with Gasteiger partial charge in [-0.15, -0.1) is 10.2 Å². The molecule has 2 amide bonds. The number of hydrogen-bond acceptors (Lipinski definition) is 7. The zero-order valence-electron chi connectivity index (χ0n) is 17.7. The van der Waals surface area contributed by atoms with Crippen LogP contribution in [0, 0.1) is 6.92 Å². The van der Waals surface area contributed by atoms with Crippen LogP contribution in [0.25, 0.3) is 0 Å². The minimum absolute atomic E-state index is 0.0366. The number of benzene rings is 1. The van der Waals surface area contributed by atoms with Crippen molar-refractivity contribution in [2.24, 2.45) is 0 Å². The standard InChI is InChI=1S/C20H27N5O4S2/c1-3-24(12-18(26)21-17-9-10-31(28,29)14-17)19(27)13-30-20-23-22-15(2)25(20)11-16-7-5-4-6-8-16/h4-8,17H,3,9-14H2,1-2H3,(H,21,26). The topological polar surface area (TPSA) is 114 Å². The van der Waals surface area contributed by atoms with Crippen molar-refractivity contribution in [3.8, 4) is 0 Å². The van der Waals surface area contributed by atoms with E-state index in [9.17, 15) is 18.0 Å². The summed E-state index contributed by atoms with van der Waals surface area (Å²) in [5, 5.41) is 11.7. The Hall–Kier alpha value is -2.40. The van der Waals surface area contributed by atoms with Crippen LogP contribution in [0.3, 0.4) is 0 Å². The predicted octanol–water partition coefficient (Wildman–Crippen LogP) is 0.879. The van der Waals surface area contributed by atoms with Gasteiger partial charge in [0.1, 0.15) is 5.82 Å². The normalized spacial score (nSPS) is 17.4. The molecule has 1 fully saturated rings. The Morgan fingerprint density at radius 1 is 1.26 bits per heavy atom. The van der Waals surface area contributed by atoms with E-state index in [0.29, 0.717) is 24.7 Å². The Balaban J connectivity index is 1.54. The summed E-state index contributed by atoms with van der Waals surface area (Å²) in [6, 6.07) is 9.56. The third kappa shape index (κ3) is 6.54. The van der Waals surface area contributed by atoms with Crippen LogP contribution in [0.15, 0.2) is 35.5 Å². The third-order valence-electron chi connectivity index (χ3n) is 5.08. The molecule has 1 aliphatic rings. The van der Waals surface area contributed by atoms with Crippen molar-refractivity contribution >= 4 is 33.4 Å². The molecule has 3 rings (SSSR count). The second-order valence-electron chi connectivity index (χ2n) is 7.47.